The molecular weight excluding hydrogens is 378 g/mol. The van der Waals surface area contributed by atoms with Gasteiger partial charge in [0.05, 0.1) is 17.1 Å². The maximum absolute atomic E-state index is 12.9. The van der Waals surface area contributed by atoms with Crippen LogP contribution in [0.3, 0.4) is 0 Å². The van der Waals surface area contributed by atoms with E-state index in [4.69, 9.17) is 9.47 Å². The second-order valence-electron chi connectivity index (χ2n) is 8.64. The van der Waals surface area contributed by atoms with Gasteiger partial charge < -0.3 is 9.47 Å². The molecule has 0 spiro atoms. The topological polar surface area (TPSA) is 81.7 Å². The van der Waals surface area contributed by atoms with Crippen molar-refractivity contribution in [1.82, 2.24) is 4.72 Å². The van der Waals surface area contributed by atoms with Gasteiger partial charge in [-0.3, -0.25) is 4.79 Å². The van der Waals surface area contributed by atoms with E-state index < -0.39 is 33.2 Å². The van der Waals surface area contributed by atoms with E-state index in [1.165, 1.54) is 6.07 Å². The van der Waals surface area contributed by atoms with E-state index in [-0.39, 0.29) is 11.5 Å². The zero-order valence-electron chi connectivity index (χ0n) is 17.3. The molecule has 2 aromatic rings. The SMILES string of the molecule is CC(C)(C)OCC(NS(=O)(=O)c1ccc2ccccc2c1)C(=O)OC(C)(C)C. The van der Waals surface area contributed by atoms with E-state index in [9.17, 15) is 13.2 Å². The highest BCUT2D eigenvalue weighted by molar-refractivity contribution is 7.89. The molecule has 0 heterocycles. The first kappa shape index (κ1) is 22.3. The molecule has 0 aliphatic heterocycles. The Balaban J connectivity index is 2.29. The summed E-state index contributed by atoms with van der Waals surface area (Å²) >= 11 is 0. The standard InChI is InChI=1S/C21H29NO5S/c1-20(2,3)26-14-18(19(23)27-21(4,5)6)22-28(24,25)17-12-11-15-9-7-8-10-16(15)13-17/h7-13,18,22H,14H2,1-6H3. The van der Waals surface area contributed by atoms with Crippen molar-refractivity contribution in [1.29, 1.82) is 0 Å². The lowest BCUT2D eigenvalue weighted by atomic mass is 10.1. The lowest BCUT2D eigenvalue weighted by Gasteiger charge is -2.27. The van der Waals surface area contributed by atoms with Crippen LogP contribution >= 0.6 is 0 Å². The molecule has 0 aromatic heterocycles. The van der Waals surface area contributed by atoms with Gasteiger partial charge in [-0.25, -0.2) is 8.42 Å². The molecule has 28 heavy (non-hydrogen) atoms. The van der Waals surface area contributed by atoms with Crippen molar-refractivity contribution in [2.75, 3.05) is 6.61 Å². The normalized spacial score (nSPS) is 14.1. The average Bonchev–Trinajstić information content (AvgIpc) is 2.55. The number of esters is 1. The third-order valence-corrected chi connectivity index (χ3v) is 5.17. The molecule has 1 unspecified atom stereocenters. The van der Waals surface area contributed by atoms with Gasteiger partial charge in [-0.15, -0.1) is 0 Å². The van der Waals surface area contributed by atoms with Crippen LogP contribution in [0.1, 0.15) is 41.5 Å². The van der Waals surface area contributed by atoms with Gasteiger partial charge in [0.2, 0.25) is 10.0 Å². The molecule has 1 N–H and O–H groups in total. The summed E-state index contributed by atoms with van der Waals surface area (Å²) in [5.74, 6) is -0.680. The monoisotopic (exact) mass is 407 g/mol. The third kappa shape index (κ3) is 6.58. The Hall–Kier alpha value is -1.96. The minimum absolute atomic E-state index is 0.0792. The van der Waals surface area contributed by atoms with Crippen molar-refractivity contribution < 1.29 is 22.7 Å². The van der Waals surface area contributed by atoms with Gasteiger partial charge in [-0.1, -0.05) is 30.3 Å². The Labute approximate surface area is 167 Å². The van der Waals surface area contributed by atoms with Gasteiger partial charge in [0.25, 0.3) is 0 Å². The van der Waals surface area contributed by atoms with Gasteiger partial charge in [-0.05, 0) is 64.4 Å². The van der Waals surface area contributed by atoms with Gasteiger partial charge in [0.15, 0.2) is 0 Å². The highest BCUT2D eigenvalue weighted by atomic mass is 32.2. The number of sulfonamides is 1. The first-order valence-electron chi connectivity index (χ1n) is 9.15. The van der Waals surface area contributed by atoms with E-state index in [1.54, 1.807) is 32.9 Å². The lowest BCUT2D eigenvalue weighted by Crippen LogP contribution is -2.48. The van der Waals surface area contributed by atoms with Gasteiger partial charge >= 0.3 is 5.97 Å². The van der Waals surface area contributed by atoms with Crippen molar-refractivity contribution in [2.45, 2.75) is 63.7 Å². The van der Waals surface area contributed by atoms with Crippen LogP contribution in [-0.4, -0.2) is 38.2 Å². The quantitative estimate of drug-likeness (QED) is 0.739. The molecule has 1 atom stereocenters. The molecule has 0 aliphatic carbocycles. The predicted octanol–water partition coefficient (Wildman–Crippen LogP) is 3.64. The molecule has 0 amide bonds. The van der Waals surface area contributed by atoms with Crippen LogP contribution in [0.25, 0.3) is 10.8 Å². The summed E-state index contributed by atoms with van der Waals surface area (Å²) in [7, 11) is -3.95. The molecular formula is C21H29NO5S. The molecule has 154 valence electrons. The fourth-order valence-corrected chi connectivity index (χ4v) is 3.65. The van der Waals surface area contributed by atoms with E-state index >= 15 is 0 Å². The number of hydrogen-bond donors (Lipinski definition) is 1. The minimum Gasteiger partial charge on any atom is -0.459 e. The fourth-order valence-electron chi connectivity index (χ4n) is 2.45. The Kier molecular flexibility index (Phi) is 6.53. The second kappa shape index (κ2) is 8.19. The van der Waals surface area contributed by atoms with Crippen molar-refractivity contribution in [3.05, 3.63) is 42.5 Å². The highest BCUT2D eigenvalue weighted by Crippen LogP contribution is 2.20. The number of carbonyl (C=O) groups excluding carboxylic acids is 1. The molecule has 0 fully saturated rings. The zero-order chi connectivity index (χ0) is 21.2. The first-order valence-corrected chi connectivity index (χ1v) is 10.6. The van der Waals surface area contributed by atoms with E-state index in [0.717, 1.165) is 10.8 Å². The number of carbonyl (C=O) groups is 1. The second-order valence-corrected chi connectivity index (χ2v) is 10.4. The summed E-state index contributed by atoms with van der Waals surface area (Å²) in [6.07, 6.45) is 0. The number of benzene rings is 2. The number of nitrogens with one attached hydrogen (secondary N) is 1. The van der Waals surface area contributed by atoms with Crippen LogP contribution in [-0.2, 0) is 24.3 Å². The lowest BCUT2D eigenvalue weighted by molar-refractivity contribution is -0.159. The Morgan fingerprint density at radius 3 is 2.14 bits per heavy atom. The molecule has 0 radical (unpaired) electrons. The Morgan fingerprint density at radius 2 is 1.57 bits per heavy atom. The number of hydrogen-bond acceptors (Lipinski definition) is 5. The van der Waals surface area contributed by atoms with Gasteiger partial charge in [-0.2, -0.15) is 4.72 Å². The molecule has 2 rings (SSSR count). The van der Waals surface area contributed by atoms with Crippen molar-refractivity contribution >= 4 is 26.8 Å². The Bertz CT molecular complexity index is 939. The van der Waals surface area contributed by atoms with Gasteiger partial charge in [0, 0.05) is 0 Å². The van der Waals surface area contributed by atoms with Crippen LogP contribution in [0.5, 0.6) is 0 Å². The summed E-state index contributed by atoms with van der Waals surface area (Å²) in [5.41, 5.74) is -1.28. The number of fused-ring (bicyclic) bond motifs is 1. The van der Waals surface area contributed by atoms with Crippen molar-refractivity contribution in [3.63, 3.8) is 0 Å². The van der Waals surface area contributed by atoms with E-state index in [1.807, 2.05) is 45.0 Å². The van der Waals surface area contributed by atoms with E-state index in [0.29, 0.717) is 0 Å². The van der Waals surface area contributed by atoms with Gasteiger partial charge in [0.1, 0.15) is 11.6 Å². The maximum atomic E-state index is 12.9. The number of rotatable bonds is 6. The molecule has 2 aromatic carbocycles. The summed E-state index contributed by atoms with van der Waals surface area (Å²) in [5, 5.41) is 1.73. The van der Waals surface area contributed by atoms with Crippen LogP contribution in [0.4, 0.5) is 0 Å². The predicted molar refractivity (Wildman–Crippen MR) is 110 cm³/mol. The highest BCUT2D eigenvalue weighted by Gasteiger charge is 2.31. The number of ether oxygens (including phenoxy) is 2. The maximum Gasteiger partial charge on any atom is 0.327 e. The summed E-state index contributed by atoms with van der Waals surface area (Å²) < 4.78 is 39.3. The molecule has 7 heteroatoms. The molecule has 0 aliphatic rings. The van der Waals surface area contributed by atoms with Crippen LogP contribution in [0.15, 0.2) is 47.4 Å². The zero-order valence-corrected chi connectivity index (χ0v) is 18.1. The third-order valence-electron chi connectivity index (χ3n) is 3.70. The van der Waals surface area contributed by atoms with Crippen LogP contribution < -0.4 is 4.72 Å². The average molecular weight is 408 g/mol. The van der Waals surface area contributed by atoms with Crippen LogP contribution in [0, 0.1) is 0 Å². The van der Waals surface area contributed by atoms with Crippen molar-refractivity contribution in [3.8, 4) is 0 Å². The summed E-state index contributed by atoms with van der Waals surface area (Å²) in [4.78, 5) is 12.6. The first-order chi connectivity index (χ1) is 12.8. The summed E-state index contributed by atoms with van der Waals surface area (Å²) in [6, 6.07) is 11.1. The Morgan fingerprint density at radius 1 is 0.964 bits per heavy atom. The largest absolute Gasteiger partial charge is 0.459 e. The smallest absolute Gasteiger partial charge is 0.327 e. The fraction of sp³-hybridized carbons (Fsp3) is 0.476. The van der Waals surface area contributed by atoms with Crippen molar-refractivity contribution in [2.24, 2.45) is 0 Å². The summed E-state index contributed by atoms with van der Waals surface area (Å²) in [6.45, 7) is 10.5. The van der Waals surface area contributed by atoms with Crippen LogP contribution in [0.2, 0.25) is 0 Å². The molecule has 6 nitrogen and oxygen atoms in total. The van der Waals surface area contributed by atoms with E-state index in [2.05, 4.69) is 4.72 Å². The minimum atomic E-state index is -3.95. The molecule has 0 saturated heterocycles. The molecule has 0 bridgehead atoms. The molecule has 0 saturated carbocycles.